The molecule has 1 aliphatic heterocycles. The molecule has 1 heterocycles. The van der Waals surface area contributed by atoms with E-state index >= 15 is 0 Å². The molecule has 0 aromatic heterocycles. The second-order valence-electron chi connectivity index (χ2n) is 4.31. The molecular weight excluding hydrogens is 363 g/mol. The van der Waals surface area contributed by atoms with Crippen molar-refractivity contribution in [1.82, 2.24) is 5.32 Å². The summed E-state index contributed by atoms with van der Waals surface area (Å²) < 4.78 is 0. The van der Waals surface area contributed by atoms with Crippen LogP contribution in [0, 0.1) is 11.3 Å². The third-order valence-corrected chi connectivity index (χ3v) is 2.28. The average molecular weight is 397 g/mol. The quantitative estimate of drug-likeness (QED) is 0.490. The molecule has 1 N–H and O–H groups in total. The average Bonchev–Trinajstić information content (AvgIpc) is 2.56. The van der Waals surface area contributed by atoms with Gasteiger partial charge in [0, 0.05) is 30.1 Å². The van der Waals surface area contributed by atoms with E-state index in [0.29, 0.717) is 5.70 Å². The van der Waals surface area contributed by atoms with Gasteiger partial charge in [0.2, 0.25) is 0 Å². The van der Waals surface area contributed by atoms with Gasteiger partial charge in [0.25, 0.3) is 0 Å². The first-order chi connectivity index (χ1) is 9.67. The molecule has 4 radical (unpaired) electrons. The molecule has 1 aliphatic rings. The van der Waals surface area contributed by atoms with Crippen LogP contribution in [-0.2, 0) is 0 Å². The number of allylic oxidation sites excluding steroid dienone is 3. The summed E-state index contributed by atoms with van der Waals surface area (Å²) in [6, 6.07) is 1.95. The number of rotatable bonds is 3. The van der Waals surface area contributed by atoms with Gasteiger partial charge in [-0.05, 0) is 12.2 Å². The molecule has 2 nitrogen and oxygen atoms in total. The zero-order valence-electron chi connectivity index (χ0n) is 14.9. The van der Waals surface area contributed by atoms with E-state index in [4.69, 9.17) is 5.26 Å². The summed E-state index contributed by atoms with van der Waals surface area (Å²) in [5.41, 5.74) is 3.32. The van der Waals surface area contributed by atoms with Gasteiger partial charge in [-0.1, -0.05) is 80.1 Å². The van der Waals surface area contributed by atoms with Gasteiger partial charge in [-0.25, -0.2) is 0 Å². The predicted molar refractivity (Wildman–Crippen MR) is 97.0 cm³/mol. The molecule has 0 unspecified atom stereocenters. The van der Waals surface area contributed by atoms with Crippen LogP contribution in [0.25, 0.3) is 0 Å². The molecule has 0 aromatic rings. The molecule has 0 aliphatic carbocycles. The van der Waals surface area contributed by atoms with Crippen molar-refractivity contribution in [2.24, 2.45) is 0 Å². The molecule has 0 atom stereocenters. The van der Waals surface area contributed by atoms with Gasteiger partial charge < -0.3 is 5.32 Å². The Balaban J connectivity index is -0.0000000973. The van der Waals surface area contributed by atoms with Crippen LogP contribution < -0.4 is 5.32 Å². The molecular formula is C18H34N2Sn. The van der Waals surface area contributed by atoms with Crippen molar-refractivity contribution >= 4 is 23.9 Å². The Morgan fingerprint density at radius 2 is 1.29 bits per heavy atom. The molecule has 21 heavy (non-hydrogen) atoms. The van der Waals surface area contributed by atoms with Gasteiger partial charge in [-0.3, -0.25) is 0 Å². The van der Waals surface area contributed by atoms with E-state index in [0.717, 1.165) is 0 Å². The fourth-order valence-corrected chi connectivity index (χ4v) is 0.417. The molecule has 0 saturated carbocycles. The maximum Gasteiger partial charge on any atom is 0.118 e. The number of hydrogen-bond acceptors (Lipinski definition) is 2. The summed E-state index contributed by atoms with van der Waals surface area (Å²) in [7, 11) is 0. The second-order valence-corrected chi connectivity index (χ2v) is 4.31. The van der Waals surface area contributed by atoms with Crippen LogP contribution in [-0.4, -0.2) is 23.9 Å². The molecule has 0 spiro atoms. The number of hydrogen-bond donors (Lipinski definition) is 1. The maximum atomic E-state index is 8.24. The van der Waals surface area contributed by atoms with Crippen molar-refractivity contribution < 1.29 is 0 Å². The summed E-state index contributed by atoms with van der Waals surface area (Å²) in [5.74, 6) is 0. The summed E-state index contributed by atoms with van der Waals surface area (Å²) in [6.45, 7) is 13.1. The minimum Gasteiger partial charge on any atom is -0.346 e. The maximum absolute atomic E-state index is 8.24. The topological polar surface area (TPSA) is 35.8 Å². The molecule has 0 amide bonds. The molecule has 3 heteroatoms. The van der Waals surface area contributed by atoms with Crippen molar-refractivity contribution in [2.75, 3.05) is 0 Å². The monoisotopic (exact) mass is 398 g/mol. The SMILES string of the molecule is CCCC.CCCC.CCCC.N#CC1=CC=C=CN1.[Sn]. The molecule has 0 saturated heterocycles. The Labute approximate surface area is 150 Å². The molecule has 120 valence electrons. The van der Waals surface area contributed by atoms with E-state index < -0.39 is 0 Å². The van der Waals surface area contributed by atoms with Gasteiger partial charge in [0.05, 0.1) is 0 Å². The fraction of sp³-hybridized carbons (Fsp3) is 0.667. The Kier molecular flexibility index (Phi) is 42.9. The Hall–Kier alpha value is -0.651. The summed E-state index contributed by atoms with van der Waals surface area (Å²) >= 11 is 0. The van der Waals surface area contributed by atoms with Gasteiger partial charge >= 0.3 is 0 Å². The first-order valence-electron chi connectivity index (χ1n) is 7.95. The van der Waals surface area contributed by atoms with Crippen molar-refractivity contribution in [1.29, 1.82) is 5.26 Å². The number of nitrogens with one attached hydrogen (secondary N) is 1. The van der Waals surface area contributed by atoms with Gasteiger partial charge in [0.1, 0.15) is 11.8 Å². The second kappa shape index (κ2) is 31.6. The van der Waals surface area contributed by atoms with Crippen LogP contribution in [0.15, 0.2) is 29.8 Å². The minimum atomic E-state index is 0. The minimum absolute atomic E-state index is 0. The van der Waals surface area contributed by atoms with Crippen molar-refractivity contribution in [3.8, 4) is 6.07 Å². The summed E-state index contributed by atoms with van der Waals surface area (Å²) in [5, 5.41) is 10.9. The van der Waals surface area contributed by atoms with E-state index in [1.165, 1.54) is 38.5 Å². The Morgan fingerprint density at radius 3 is 1.43 bits per heavy atom. The third-order valence-electron chi connectivity index (χ3n) is 2.28. The van der Waals surface area contributed by atoms with Crippen LogP contribution in [0.1, 0.15) is 80.1 Å². The van der Waals surface area contributed by atoms with E-state index in [2.05, 4.69) is 52.6 Å². The third kappa shape index (κ3) is 38.2. The predicted octanol–water partition coefficient (Wildman–Crippen LogP) is 5.70. The van der Waals surface area contributed by atoms with Crippen LogP contribution in [0.2, 0.25) is 0 Å². The van der Waals surface area contributed by atoms with Crippen LogP contribution >= 0.6 is 0 Å². The normalized spacial score (nSPS) is 9.67. The number of nitriles is 1. The standard InChI is InChI=1S/C6H4N2.3C4H10.Sn/c7-5-6-3-1-2-4-8-6;3*1-3-4-2;/h1,3-4,8H;3*3-4H2,1-2H3;. The van der Waals surface area contributed by atoms with Crippen molar-refractivity contribution in [3.63, 3.8) is 0 Å². The molecule has 0 aromatic carbocycles. The van der Waals surface area contributed by atoms with E-state index in [1.807, 2.05) is 6.07 Å². The smallest absolute Gasteiger partial charge is 0.118 e. The first kappa shape index (κ1) is 28.5. The van der Waals surface area contributed by atoms with Crippen LogP contribution in [0.3, 0.4) is 0 Å². The van der Waals surface area contributed by atoms with Gasteiger partial charge in [-0.15, -0.1) is 5.73 Å². The van der Waals surface area contributed by atoms with Crippen LogP contribution in [0.4, 0.5) is 0 Å². The Morgan fingerprint density at radius 1 is 0.905 bits per heavy atom. The molecule has 1 rings (SSSR count). The zero-order valence-corrected chi connectivity index (χ0v) is 17.8. The summed E-state index contributed by atoms with van der Waals surface area (Å²) in [6.07, 6.45) is 12.9. The van der Waals surface area contributed by atoms with Gasteiger partial charge in [0.15, 0.2) is 0 Å². The number of nitrogens with zero attached hydrogens (tertiary/aromatic N) is 1. The zero-order chi connectivity index (χ0) is 16.1. The molecule has 0 bridgehead atoms. The van der Waals surface area contributed by atoms with E-state index in [1.54, 1.807) is 18.4 Å². The van der Waals surface area contributed by atoms with Crippen molar-refractivity contribution in [2.45, 2.75) is 80.1 Å². The number of unbranched alkanes of at least 4 members (excludes halogenated alkanes) is 3. The fourth-order valence-electron chi connectivity index (χ4n) is 0.417. The van der Waals surface area contributed by atoms with Crippen molar-refractivity contribution in [3.05, 3.63) is 29.8 Å². The summed E-state index contributed by atoms with van der Waals surface area (Å²) in [4.78, 5) is 0. The van der Waals surface area contributed by atoms with Crippen LogP contribution in [0.5, 0.6) is 0 Å². The molecule has 0 fully saturated rings. The first-order valence-corrected chi connectivity index (χ1v) is 7.95. The van der Waals surface area contributed by atoms with E-state index in [-0.39, 0.29) is 23.9 Å². The van der Waals surface area contributed by atoms with E-state index in [9.17, 15) is 0 Å². The van der Waals surface area contributed by atoms with Gasteiger partial charge in [-0.2, -0.15) is 5.26 Å². The largest absolute Gasteiger partial charge is 0.346 e. The Bertz CT molecular complexity index is 279.